The Balaban J connectivity index is 1.54. The number of amides is 1. The molecule has 6 nitrogen and oxygen atoms in total. The largest absolute Gasteiger partial charge is 0.330 e. The van der Waals surface area contributed by atoms with Gasteiger partial charge in [-0.05, 0) is 43.2 Å². The summed E-state index contributed by atoms with van der Waals surface area (Å²) in [4.78, 5) is 16.0. The molecule has 0 saturated carbocycles. The number of hydrogen-bond acceptors (Lipinski definition) is 7. The second-order valence-electron chi connectivity index (χ2n) is 5.44. The molecule has 0 unspecified atom stereocenters. The second kappa shape index (κ2) is 8.48. The Morgan fingerprint density at radius 2 is 2.08 bits per heavy atom. The van der Waals surface area contributed by atoms with Crippen LogP contribution in [0.25, 0.3) is 0 Å². The molecule has 2 N–H and O–H groups in total. The number of thioether (sulfide) groups is 1. The molecule has 0 saturated heterocycles. The predicted molar refractivity (Wildman–Crippen MR) is 108 cm³/mol. The van der Waals surface area contributed by atoms with E-state index in [-0.39, 0.29) is 11.7 Å². The van der Waals surface area contributed by atoms with E-state index in [9.17, 15) is 4.79 Å². The number of anilines is 3. The Labute approximate surface area is 164 Å². The molecular weight excluding hydrogens is 390 g/mol. The number of hydrogen-bond donors (Lipinski definition) is 2. The monoisotopic (exact) mass is 405 g/mol. The van der Waals surface area contributed by atoms with Gasteiger partial charge in [-0.2, -0.15) is 0 Å². The zero-order valence-electron chi connectivity index (χ0n) is 14.1. The van der Waals surface area contributed by atoms with Gasteiger partial charge in [-0.1, -0.05) is 46.8 Å². The number of carbonyl (C=O) groups is 1. The minimum Gasteiger partial charge on any atom is -0.330 e. The summed E-state index contributed by atoms with van der Waals surface area (Å²) in [7, 11) is 0. The van der Waals surface area contributed by atoms with Crippen LogP contribution in [0.15, 0.2) is 40.9 Å². The van der Waals surface area contributed by atoms with Crippen molar-refractivity contribution in [2.45, 2.75) is 18.2 Å². The molecule has 0 aliphatic rings. The van der Waals surface area contributed by atoms with Crippen molar-refractivity contribution in [3.63, 3.8) is 0 Å². The van der Waals surface area contributed by atoms with Crippen molar-refractivity contribution >= 4 is 57.2 Å². The van der Waals surface area contributed by atoms with Crippen molar-refractivity contribution in [3.8, 4) is 0 Å². The van der Waals surface area contributed by atoms with Gasteiger partial charge in [-0.25, -0.2) is 4.98 Å². The van der Waals surface area contributed by atoms with Gasteiger partial charge in [0.05, 0.1) is 10.8 Å². The van der Waals surface area contributed by atoms with Gasteiger partial charge in [0.15, 0.2) is 4.34 Å². The maximum absolute atomic E-state index is 12.0. The lowest BCUT2D eigenvalue weighted by molar-refractivity contribution is -0.113. The molecule has 1 aromatic carbocycles. The summed E-state index contributed by atoms with van der Waals surface area (Å²) in [6.07, 6.45) is 1.49. The first-order valence-electron chi connectivity index (χ1n) is 7.72. The van der Waals surface area contributed by atoms with E-state index in [0.29, 0.717) is 16.0 Å². The van der Waals surface area contributed by atoms with E-state index in [1.807, 2.05) is 12.1 Å². The molecule has 9 heteroatoms. The highest BCUT2D eigenvalue weighted by Crippen LogP contribution is 2.29. The van der Waals surface area contributed by atoms with E-state index >= 15 is 0 Å². The van der Waals surface area contributed by atoms with Crippen LogP contribution in [0.2, 0.25) is 5.02 Å². The second-order valence-corrected chi connectivity index (χ2v) is 8.08. The Bertz CT molecular complexity index is 914. The fourth-order valence-corrected chi connectivity index (χ4v) is 3.75. The Hall–Kier alpha value is -2.16. The van der Waals surface area contributed by atoms with Crippen LogP contribution in [0.3, 0.4) is 0 Å². The van der Waals surface area contributed by atoms with Crippen LogP contribution in [0.4, 0.5) is 16.6 Å². The quantitative estimate of drug-likeness (QED) is 0.579. The minimum atomic E-state index is -0.163. The van der Waals surface area contributed by atoms with Gasteiger partial charge in [0.25, 0.3) is 0 Å². The molecule has 2 aromatic heterocycles. The van der Waals surface area contributed by atoms with Crippen LogP contribution in [-0.4, -0.2) is 26.8 Å². The lowest BCUT2D eigenvalue weighted by atomic mass is 10.1. The molecule has 0 aliphatic carbocycles. The van der Waals surface area contributed by atoms with Crippen LogP contribution in [0.5, 0.6) is 0 Å². The number of nitrogens with one attached hydrogen (secondary N) is 2. The van der Waals surface area contributed by atoms with Crippen molar-refractivity contribution in [2.24, 2.45) is 0 Å². The Morgan fingerprint density at radius 3 is 2.85 bits per heavy atom. The first kappa shape index (κ1) is 18.6. The maximum atomic E-state index is 12.0. The lowest BCUT2D eigenvalue weighted by Crippen LogP contribution is -2.14. The molecular formula is C17H16ClN5OS2. The van der Waals surface area contributed by atoms with Crippen LogP contribution in [0.1, 0.15) is 11.1 Å². The van der Waals surface area contributed by atoms with Gasteiger partial charge in [0.1, 0.15) is 5.82 Å². The topological polar surface area (TPSA) is 79.8 Å². The van der Waals surface area contributed by atoms with Gasteiger partial charge in [-0.3, -0.25) is 4.79 Å². The normalized spacial score (nSPS) is 10.6. The smallest absolute Gasteiger partial charge is 0.235 e. The number of rotatable bonds is 6. The van der Waals surface area contributed by atoms with E-state index in [2.05, 4.69) is 45.7 Å². The molecule has 3 rings (SSSR count). The Morgan fingerprint density at radius 1 is 1.23 bits per heavy atom. The highest BCUT2D eigenvalue weighted by Gasteiger charge is 2.10. The standard InChI is InChI=1S/C17H16ClN5OS2/c1-10-4-3-5-13(11(10)2)20-16-22-23-17(26-16)25-9-15(24)21-14-7-6-12(18)8-19-14/h3-8H,9H2,1-2H3,(H,20,22)(H,19,21,24). The van der Waals surface area contributed by atoms with Crippen LogP contribution < -0.4 is 10.6 Å². The molecule has 134 valence electrons. The summed E-state index contributed by atoms with van der Waals surface area (Å²) >= 11 is 8.51. The lowest BCUT2D eigenvalue weighted by Gasteiger charge is -2.08. The fourth-order valence-electron chi connectivity index (χ4n) is 2.08. The van der Waals surface area contributed by atoms with Gasteiger partial charge in [0, 0.05) is 11.9 Å². The molecule has 3 aromatic rings. The molecule has 0 atom stereocenters. The number of halogens is 1. The van der Waals surface area contributed by atoms with Crippen molar-refractivity contribution in [1.29, 1.82) is 0 Å². The van der Waals surface area contributed by atoms with E-state index in [1.54, 1.807) is 12.1 Å². The number of carbonyl (C=O) groups excluding carboxylic acids is 1. The first-order chi connectivity index (χ1) is 12.5. The SMILES string of the molecule is Cc1cccc(Nc2nnc(SCC(=O)Nc3ccc(Cl)cn3)s2)c1C. The van der Waals surface area contributed by atoms with Crippen molar-refractivity contribution in [3.05, 3.63) is 52.7 Å². The average molecular weight is 406 g/mol. The van der Waals surface area contributed by atoms with E-state index in [1.165, 1.54) is 40.4 Å². The zero-order valence-corrected chi connectivity index (χ0v) is 16.5. The van der Waals surface area contributed by atoms with Gasteiger partial charge in [-0.15, -0.1) is 10.2 Å². The van der Waals surface area contributed by atoms with Gasteiger partial charge < -0.3 is 10.6 Å². The summed E-state index contributed by atoms with van der Waals surface area (Å²) in [6, 6.07) is 9.39. The summed E-state index contributed by atoms with van der Waals surface area (Å²) < 4.78 is 0.719. The number of aryl methyl sites for hydroxylation is 1. The summed E-state index contributed by atoms with van der Waals surface area (Å²) in [5.41, 5.74) is 3.39. The third kappa shape index (κ3) is 4.94. The first-order valence-corrected chi connectivity index (χ1v) is 9.90. The van der Waals surface area contributed by atoms with Crippen LogP contribution >= 0.6 is 34.7 Å². The minimum absolute atomic E-state index is 0.163. The molecule has 2 heterocycles. The van der Waals surface area contributed by atoms with Crippen molar-refractivity contribution < 1.29 is 4.79 Å². The van der Waals surface area contributed by atoms with Gasteiger partial charge in [0.2, 0.25) is 11.0 Å². The summed E-state index contributed by atoms with van der Waals surface area (Å²) in [5, 5.41) is 15.4. The van der Waals surface area contributed by atoms with E-state index < -0.39 is 0 Å². The molecule has 1 amide bonds. The van der Waals surface area contributed by atoms with Gasteiger partial charge >= 0.3 is 0 Å². The number of benzene rings is 1. The molecule has 0 radical (unpaired) electrons. The predicted octanol–water partition coefficient (Wildman–Crippen LogP) is 4.68. The van der Waals surface area contributed by atoms with Crippen LogP contribution in [-0.2, 0) is 4.79 Å². The molecule has 26 heavy (non-hydrogen) atoms. The number of pyridine rings is 1. The third-order valence-corrected chi connectivity index (χ3v) is 5.77. The molecule has 0 spiro atoms. The average Bonchev–Trinajstić information content (AvgIpc) is 3.07. The summed E-state index contributed by atoms with van der Waals surface area (Å²) in [5.74, 6) is 0.529. The maximum Gasteiger partial charge on any atom is 0.235 e. The summed E-state index contributed by atoms with van der Waals surface area (Å²) in [6.45, 7) is 4.12. The zero-order chi connectivity index (χ0) is 18.5. The van der Waals surface area contributed by atoms with E-state index in [4.69, 9.17) is 11.6 Å². The number of aromatic nitrogens is 3. The third-order valence-electron chi connectivity index (χ3n) is 3.57. The van der Waals surface area contributed by atoms with Crippen molar-refractivity contribution in [1.82, 2.24) is 15.2 Å². The number of nitrogens with zero attached hydrogens (tertiary/aromatic N) is 3. The molecule has 0 aliphatic heterocycles. The van der Waals surface area contributed by atoms with E-state index in [0.717, 1.165) is 10.0 Å². The van der Waals surface area contributed by atoms with Crippen LogP contribution in [0, 0.1) is 13.8 Å². The highest BCUT2D eigenvalue weighted by atomic mass is 35.5. The highest BCUT2D eigenvalue weighted by molar-refractivity contribution is 8.01. The Kier molecular flexibility index (Phi) is 6.08. The molecule has 0 bridgehead atoms. The fraction of sp³-hybridized carbons (Fsp3) is 0.176. The van der Waals surface area contributed by atoms with Crippen molar-refractivity contribution in [2.75, 3.05) is 16.4 Å². The molecule has 0 fully saturated rings.